The van der Waals surface area contributed by atoms with Gasteiger partial charge >= 0.3 is 0 Å². The second-order valence-corrected chi connectivity index (χ2v) is 5.82. The summed E-state index contributed by atoms with van der Waals surface area (Å²) in [6, 6.07) is 0.225. The third-order valence-electron chi connectivity index (χ3n) is 3.31. The summed E-state index contributed by atoms with van der Waals surface area (Å²) >= 11 is 3.45. The number of ether oxygens (including phenoxy) is 1. The first-order valence-corrected chi connectivity index (χ1v) is 6.84. The van der Waals surface area contributed by atoms with Crippen LogP contribution in [0.25, 0.3) is 0 Å². The highest BCUT2D eigenvalue weighted by Crippen LogP contribution is 2.35. The van der Waals surface area contributed by atoms with Gasteiger partial charge in [0.05, 0.1) is 22.5 Å². The van der Waals surface area contributed by atoms with E-state index in [1.807, 2.05) is 4.68 Å². The first kappa shape index (κ1) is 13.1. The highest BCUT2D eigenvalue weighted by molar-refractivity contribution is 9.10. The topological polar surface area (TPSA) is 47.3 Å². The van der Waals surface area contributed by atoms with Gasteiger partial charge in [0.2, 0.25) is 0 Å². The lowest BCUT2D eigenvalue weighted by molar-refractivity contribution is -0.0227. The van der Waals surface area contributed by atoms with E-state index >= 15 is 0 Å². The maximum absolute atomic E-state index is 10.5. The average molecular weight is 303 g/mol. The number of aromatic nitrogens is 2. The standard InChI is InChI=1S/C12H19BrN2O2/c1-7(2)15-10(9(13)6-14-15)11(16)12-8(3)4-5-17-12/h6-8,11-12,16H,4-5H2,1-3H3. The molecule has 2 rings (SSSR count). The van der Waals surface area contributed by atoms with Crippen molar-refractivity contribution in [1.82, 2.24) is 9.78 Å². The molecule has 1 saturated heterocycles. The van der Waals surface area contributed by atoms with Crippen molar-refractivity contribution < 1.29 is 9.84 Å². The van der Waals surface area contributed by atoms with Crippen molar-refractivity contribution in [2.45, 2.75) is 45.4 Å². The summed E-state index contributed by atoms with van der Waals surface area (Å²) in [5.74, 6) is 0.382. The summed E-state index contributed by atoms with van der Waals surface area (Å²) in [5.41, 5.74) is 0.818. The minimum atomic E-state index is -0.619. The molecule has 0 aromatic carbocycles. The van der Waals surface area contributed by atoms with E-state index < -0.39 is 6.10 Å². The Bertz CT molecular complexity index is 392. The molecule has 1 aliphatic rings. The fourth-order valence-corrected chi connectivity index (χ4v) is 2.82. The van der Waals surface area contributed by atoms with Gasteiger partial charge in [-0.3, -0.25) is 4.68 Å². The molecule has 1 fully saturated rings. The highest BCUT2D eigenvalue weighted by Gasteiger charge is 2.35. The van der Waals surface area contributed by atoms with Crippen LogP contribution in [-0.4, -0.2) is 27.6 Å². The minimum Gasteiger partial charge on any atom is -0.384 e. The van der Waals surface area contributed by atoms with Gasteiger partial charge in [0, 0.05) is 12.6 Å². The van der Waals surface area contributed by atoms with Crippen molar-refractivity contribution in [3.05, 3.63) is 16.4 Å². The number of aliphatic hydroxyl groups excluding tert-OH is 1. The number of nitrogens with zero attached hydrogens (tertiary/aromatic N) is 2. The van der Waals surface area contributed by atoms with Crippen LogP contribution in [-0.2, 0) is 4.74 Å². The van der Waals surface area contributed by atoms with E-state index in [1.54, 1.807) is 6.20 Å². The van der Waals surface area contributed by atoms with E-state index in [2.05, 4.69) is 41.8 Å². The molecule has 4 nitrogen and oxygen atoms in total. The van der Waals surface area contributed by atoms with E-state index in [0.29, 0.717) is 5.92 Å². The predicted molar refractivity (Wildman–Crippen MR) is 68.8 cm³/mol. The maximum Gasteiger partial charge on any atom is 0.123 e. The Morgan fingerprint density at radius 2 is 2.29 bits per heavy atom. The Morgan fingerprint density at radius 1 is 1.59 bits per heavy atom. The molecule has 0 aliphatic carbocycles. The normalized spacial score (nSPS) is 26.7. The summed E-state index contributed by atoms with van der Waals surface area (Å²) in [5, 5.41) is 14.8. The molecule has 0 radical (unpaired) electrons. The van der Waals surface area contributed by atoms with Crippen LogP contribution < -0.4 is 0 Å². The van der Waals surface area contributed by atoms with Gasteiger partial charge in [-0.2, -0.15) is 5.10 Å². The Balaban J connectivity index is 2.29. The Labute approximate surface area is 110 Å². The lowest BCUT2D eigenvalue weighted by Crippen LogP contribution is -2.26. The minimum absolute atomic E-state index is 0.125. The molecule has 5 heteroatoms. The van der Waals surface area contributed by atoms with Crippen molar-refractivity contribution in [2.75, 3.05) is 6.61 Å². The van der Waals surface area contributed by atoms with Crippen LogP contribution in [0.4, 0.5) is 0 Å². The smallest absolute Gasteiger partial charge is 0.123 e. The van der Waals surface area contributed by atoms with Gasteiger partial charge in [-0.15, -0.1) is 0 Å². The molecule has 0 spiro atoms. The number of rotatable bonds is 3. The Kier molecular flexibility index (Phi) is 3.90. The fraction of sp³-hybridized carbons (Fsp3) is 0.750. The molecule has 0 bridgehead atoms. The zero-order chi connectivity index (χ0) is 12.6. The van der Waals surface area contributed by atoms with Gasteiger partial charge in [-0.1, -0.05) is 6.92 Å². The lowest BCUT2D eigenvalue weighted by atomic mass is 9.97. The lowest BCUT2D eigenvalue weighted by Gasteiger charge is -2.23. The molecule has 1 aromatic rings. The van der Waals surface area contributed by atoms with Crippen molar-refractivity contribution in [3.63, 3.8) is 0 Å². The quantitative estimate of drug-likeness (QED) is 0.934. The summed E-state index contributed by atoms with van der Waals surface area (Å²) < 4.78 is 8.33. The van der Waals surface area contributed by atoms with Crippen LogP contribution in [0.3, 0.4) is 0 Å². The van der Waals surface area contributed by atoms with Crippen LogP contribution in [0, 0.1) is 5.92 Å². The van der Waals surface area contributed by atoms with E-state index in [9.17, 15) is 5.11 Å². The van der Waals surface area contributed by atoms with Gasteiger partial charge < -0.3 is 9.84 Å². The summed E-state index contributed by atoms with van der Waals surface area (Å²) in [6.45, 7) is 6.95. The first-order chi connectivity index (χ1) is 8.02. The predicted octanol–water partition coefficient (Wildman–Crippen LogP) is 2.68. The number of aliphatic hydroxyl groups is 1. The van der Waals surface area contributed by atoms with Crippen LogP contribution in [0.5, 0.6) is 0 Å². The molecule has 96 valence electrons. The molecule has 17 heavy (non-hydrogen) atoms. The van der Waals surface area contributed by atoms with Crippen LogP contribution in [0.2, 0.25) is 0 Å². The average Bonchev–Trinajstić information content (AvgIpc) is 2.83. The molecular formula is C12H19BrN2O2. The molecule has 1 aliphatic heterocycles. The second-order valence-electron chi connectivity index (χ2n) is 4.96. The maximum atomic E-state index is 10.5. The Morgan fingerprint density at radius 3 is 2.82 bits per heavy atom. The van der Waals surface area contributed by atoms with Gasteiger partial charge in [-0.25, -0.2) is 0 Å². The third-order valence-corrected chi connectivity index (χ3v) is 3.92. The molecule has 2 heterocycles. The highest BCUT2D eigenvalue weighted by atomic mass is 79.9. The molecular weight excluding hydrogens is 284 g/mol. The molecule has 1 aromatic heterocycles. The molecule has 1 N–H and O–H groups in total. The SMILES string of the molecule is CC1CCOC1C(O)c1c(Br)cnn1C(C)C. The number of hydrogen-bond acceptors (Lipinski definition) is 3. The molecule has 3 unspecified atom stereocenters. The number of halogens is 1. The molecule has 3 atom stereocenters. The first-order valence-electron chi connectivity index (χ1n) is 6.05. The monoisotopic (exact) mass is 302 g/mol. The van der Waals surface area contributed by atoms with E-state index in [-0.39, 0.29) is 12.1 Å². The molecule has 0 amide bonds. The van der Waals surface area contributed by atoms with Gasteiger partial charge in [0.25, 0.3) is 0 Å². The zero-order valence-electron chi connectivity index (χ0n) is 10.4. The van der Waals surface area contributed by atoms with Crippen LogP contribution >= 0.6 is 15.9 Å². The number of hydrogen-bond donors (Lipinski definition) is 1. The van der Waals surface area contributed by atoms with Crippen LogP contribution in [0.15, 0.2) is 10.7 Å². The van der Waals surface area contributed by atoms with Crippen molar-refractivity contribution >= 4 is 15.9 Å². The van der Waals surface area contributed by atoms with Gasteiger partial charge in [0.1, 0.15) is 6.10 Å². The summed E-state index contributed by atoms with van der Waals surface area (Å²) in [7, 11) is 0. The second kappa shape index (κ2) is 5.08. The fourth-order valence-electron chi connectivity index (χ4n) is 2.32. The zero-order valence-corrected chi connectivity index (χ0v) is 12.0. The Hall–Kier alpha value is -0.390. The van der Waals surface area contributed by atoms with Gasteiger partial charge in [0.15, 0.2) is 0 Å². The third kappa shape index (κ3) is 2.41. The van der Waals surface area contributed by atoms with Crippen molar-refractivity contribution in [1.29, 1.82) is 0 Å². The van der Waals surface area contributed by atoms with E-state index in [4.69, 9.17) is 4.74 Å². The van der Waals surface area contributed by atoms with Crippen molar-refractivity contribution in [3.8, 4) is 0 Å². The van der Waals surface area contributed by atoms with Crippen LogP contribution in [0.1, 0.15) is 45.0 Å². The largest absolute Gasteiger partial charge is 0.384 e. The molecule has 0 saturated carbocycles. The van der Waals surface area contributed by atoms with E-state index in [0.717, 1.165) is 23.2 Å². The summed E-state index contributed by atoms with van der Waals surface area (Å²) in [6.07, 6.45) is 2.00. The van der Waals surface area contributed by atoms with Crippen molar-refractivity contribution in [2.24, 2.45) is 5.92 Å². The van der Waals surface area contributed by atoms with Gasteiger partial charge in [-0.05, 0) is 42.1 Å². The summed E-state index contributed by atoms with van der Waals surface area (Å²) in [4.78, 5) is 0. The van der Waals surface area contributed by atoms with E-state index in [1.165, 1.54) is 0 Å².